The van der Waals surface area contributed by atoms with Gasteiger partial charge in [-0.1, -0.05) is 37.0 Å². The van der Waals surface area contributed by atoms with Crippen LogP contribution in [0.2, 0.25) is 0 Å². The molecule has 0 bridgehead atoms. The molecule has 1 amide bonds. The number of hydrogen-bond acceptors (Lipinski definition) is 7. The number of rotatable bonds is 8. The number of fused-ring (bicyclic) bond motifs is 1. The molecule has 3 heterocycles. The smallest absolute Gasteiger partial charge is 0.267 e. The Morgan fingerprint density at radius 3 is 2.82 bits per heavy atom. The van der Waals surface area contributed by atoms with E-state index in [1.807, 2.05) is 19.1 Å². The molecule has 33 heavy (non-hydrogen) atoms. The third kappa shape index (κ3) is 5.47. The lowest BCUT2D eigenvalue weighted by molar-refractivity contribution is -0.122. The van der Waals surface area contributed by atoms with Crippen LogP contribution in [0.5, 0.6) is 0 Å². The van der Waals surface area contributed by atoms with Crippen LogP contribution in [0.1, 0.15) is 51.5 Å². The molecule has 2 aliphatic rings. The zero-order valence-corrected chi connectivity index (χ0v) is 20.7. The maximum Gasteiger partial charge on any atom is 0.267 e. The van der Waals surface area contributed by atoms with Gasteiger partial charge < -0.3 is 10.1 Å². The SMILES string of the molecule is CCOCCCN1C(=O)/C(=C\c2c(NC3CCC(C)CC3)nc3ccccn3c2=O)SC1=S. The molecule has 2 fully saturated rings. The number of aromatic nitrogens is 2. The maximum atomic E-state index is 13.4. The summed E-state index contributed by atoms with van der Waals surface area (Å²) < 4.78 is 7.40. The van der Waals surface area contributed by atoms with Gasteiger partial charge in [0.2, 0.25) is 0 Å². The first-order chi connectivity index (χ1) is 16.0. The molecule has 2 aromatic heterocycles. The summed E-state index contributed by atoms with van der Waals surface area (Å²) in [5.74, 6) is 1.09. The number of thiocarbonyl (C=S) groups is 1. The van der Waals surface area contributed by atoms with Gasteiger partial charge in [0.1, 0.15) is 15.8 Å². The Morgan fingerprint density at radius 1 is 1.27 bits per heavy atom. The van der Waals surface area contributed by atoms with Gasteiger partial charge in [0.05, 0.1) is 10.5 Å². The number of carbonyl (C=O) groups is 1. The van der Waals surface area contributed by atoms with Gasteiger partial charge in [0, 0.05) is 32.0 Å². The van der Waals surface area contributed by atoms with Gasteiger partial charge in [0.15, 0.2) is 0 Å². The summed E-state index contributed by atoms with van der Waals surface area (Å²) in [6, 6.07) is 5.74. The highest BCUT2D eigenvalue weighted by Gasteiger charge is 2.32. The molecule has 4 rings (SSSR count). The van der Waals surface area contributed by atoms with Crippen LogP contribution in [-0.4, -0.2) is 50.3 Å². The molecular formula is C24H30N4O3S2. The van der Waals surface area contributed by atoms with Crippen molar-refractivity contribution in [3.63, 3.8) is 0 Å². The molecule has 1 aliphatic heterocycles. The Morgan fingerprint density at radius 2 is 2.06 bits per heavy atom. The Hall–Kier alpha value is -2.23. The number of carbonyl (C=O) groups excluding carboxylic acids is 1. The first-order valence-electron chi connectivity index (χ1n) is 11.6. The van der Waals surface area contributed by atoms with Crippen LogP contribution < -0.4 is 10.9 Å². The van der Waals surface area contributed by atoms with Crippen LogP contribution in [-0.2, 0) is 9.53 Å². The Balaban J connectivity index is 1.65. The molecular weight excluding hydrogens is 456 g/mol. The molecule has 7 nitrogen and oxygen atoms in total. The zero-order valence-electron chi connectivity index (χ0n) is 19.1. The lowest BCUT2D eigenvalue weighted by Gasteiger charge is -2.27. The van der Waals surface area contributed by atoms with E-state index in [-0.39, 0.29) is 17.5 Å². The second-order valence-electron chi connectivity index (χ2n) is 8.59. The van der Waals surface area contributed by atoms with E-state index >= 15 is 0 Å². The summed E-state index contributed by atoms with van der Waals surface area (Å²) >= 11 is 6.68. The number of pyridine rings is 1. The summed E-state index contributed by atoms with van der Waals surface area (Å²) in [6.45, 7) is 5.95. The van der Waals surface area contributed by atoms with Crippen molar-refractivity contribution in [3.8, 4) is 0 Å². The Bertz CT molecular complexity index is 1120. The van der Waals surface area contributed by atoms with Gasteiger partial charge in [-0.05, 0) is 63.2 Å². The van der Waals surface area contributed by atoms with E-state index in [0.29, 0.717) is 52.4 Å². The summed E-state index contributed by atoms with van der Waals surface area (Å²) in [7, 11) is 0. The van der Waals surface area contributed by atoms with Crippen LogP contribution in [0.4, 0.5) is 5.82 Å². The van der Waals surface area contributed by atoms with Crippen molar-refractivity contribution in [1.29, 1.82) is 0 Å². The fourth-order valence-corrected chi connectivity index (χ4v) is 5.52. The van der Waals surface area contributed by atoms with E-state index in [1.54, 1.807) is 23.2 Å². The fraction of sp³-hybridized carbons (Fsp3) is 0.500. The Kier molecular flexibility index (Phi) is 7.82. The summed E-state index contributed by atoms with van der Waals surface area (Å²) in [5, 5.41) is 3.51. The Labute approximate surface area is 203 Å². The average molecular weight is 487 g/mol. The number of ether oxygens (including phenoxy) is 1. The molecule has 1 saturated heterocycles. The predicted octanol–water partition coefficient (Wildman–Crippen LogP) is 4.31. The molecule has 0 unspecified atom stereocenters. The number of amides is 1. The third-order valence-corrected chi connectivity index (χ3v) is 7.53. The lowest BCUT2D eigenvalue weighted by atomic mass is 9.87. The van der Waals surface area contributed by atoms with Crippen molar-refractivity contribution in [2.75, 3.05) is 25.1 Å². The quantitative estimate of drug-likeness (QED) is 0.338. The molecule has 1 saturated carbocycles. The highest BCUT2D eigenvalue weighted by atomic mass is 32.2. The minimum Gasteiger partial charge on any atom is -0.382 e. The number of thioether (sulfide) groups is 1. The van der Waals surface area contributed by atoms with Crippen LogP contribution in [0, 0.1) is 5.92 Å². The first-order valence-corrected chi connectivity index (χ1v) is 12.8. The van der Waals surface area contributed by atoms with Crippen molar-refractivity contribution < 1.29 is 9.53 Å². The fourth-order valence-electron chi connectivity index (χ4n) is 4.23. The summed E-state index contributed by atoms with van der Waals surface area (Å²) in [6.07, 6.45) is 8.45. The third-order valence-electron chi connectivity index (χ3n) is 6.15. The number of hydrogen-bond donors (Lipinski definition) is 1. The topological polar surface area (TPSA) is 75.9 Å². The van der Waals surface area contributed by atoms with Gasteiger partial charge in [-0.25, -0.2) is 4.98 Å². The van der Waals surface area contributed by atoms with Crippen molar-refractivity contribution in [1.82, 2.24) is 14.3 Å². The van der Waals surface area contributed by atoms with E-state index in [9.17, 15) is 9.59 Å². The van der Waals surface area contributed by atoms with Crippen LogP contribution >= 0.6 is 24.0 Å². The standard InChI is InChI=1S/C24H30N4O3S2/c1-3-31-14-6-13-28-23(30)19(33-24(28)32)15-18-21(25-17-10-8-16(2)9-11-17)26-20-7-4-5-12-27(20)22(18)29/h4-5,7,12,15-17,25H,3,6,8-11,13-14H2,1-2H3/b19-15+. The van der Waals surface area contributed by atoms with Crippen molar-refractivity contribution in [3.05, 3.63) is 45.2 Å². The number of nitrogens with one attached hydrogen (secondary N) is 1. The molecule has 1 N–H and O–H groups in total. The number of anilines is 1. The summed E-state index contributed by atoms with van der Waals surface area (Å²) in [5.41, 5.74) is 0.774. The van der Waals surface area contributed by atoms with Gasteiger partial charge >= 0.3 is 0 Å². The average Bonchev–Trinajstić information content (AvgIpc) is 3.08. The predicted molar refractivity (Wildman–Crippen MR) is 137 cm³/mol. The van der Waals surface area contributed by atoms with E-state index in [0.717, 1.165) is 31.6 Å². The largest absolute Gasteiger partial charge is 0.382 e. The highest BCUT2D eigenvalue weighted by Crippen LogP contribution is 2.33. The molecule has 0 aromatic carbocycles. The highest BCUT2D eigenvalue weighted by molar-refractivity contribution is 8.26. The molecule has 0 radical (unpaired) electrons. The van der Waals surface area contributed by atoms with Crippen molar-refractivity contribution in [2.24, 2.45) is 5.92 Å². The van der Waals surface area contributed by atoms with E-state index in [4.69, 9.17) is 21.9 Å². The van der Waals surface area contributed by atoms with Crippen molar-refractivity contribution >= 4 is 51.7 Å². The van der Waals surface area contributed by atoms with Crippen molar-refractivity contribution in [2.45, 2.75) is 52.0 Å². The molecule has 1 aliphatic carbocycles. The lowest BCUT2D eigenvalue weighted by Crippen LogP contribution is -2.30. The monoisotopic (exact) mass is 486 g/mol. The van der Waals surface area contributed by atoms with E-state index in [2.05, 4.69) is 12.2 Å². The minimum atomic E-state index is -0.200. The van der Waals surface area contributed by atoms with Crippen LogP contribution in [0.15, 0.2) is 34.1 Å². The normalized spacial score (nSPS) is 22.5. The van der Waals surface area contributed by atoms with Gasteiger partial charge in [-0.15, -0.1) is 0 Å². The van der Waals surface area contributed by atoms with E-state index < -0.39 is 0 Å². The van der Waals surface area contributed by atoms with Gasteiger partial charge in [-0.3, -0.25) is 18.9 Å². The number of nitrogens with zero attached hydrogens (tertiary/aromatic N) is 3. The second kappa shape index (κ2) is 10.8. The zero-order chi connectivity index (χ0) is 23.4. The maximum absolute atomic E-state index is 13.4. The van der Waals surface area contributed by atoms with Crippen LogP contribution in [0.3, 0.4) is 0 Å². The first kappa shape index (κ1) is 23.9. The molecule has 9 heteroatoms. The summed E-state index contributed by atoms with van der Waals surface area (Å²) in [4.78, 5) is 33.2. The molecule has 0 atom stereocenters. The molecule has 2 aromatic rings. The van der Waals surface area contributed by atoms with Crippen LogP contribution in [0.25, 0.3) is 11.7 Å². The molecule has 0 spiro atoms. The van der Waals surface area contributed by atoms with Gasteiger partial charge in [-0.2, -0.15) is 0 Å². The minimum absolute atomic E-state index is 0.170. The van der Waals surface area contributed by atoms with Gasteiger partial charge in [0.25, 0.3) is 11.5 Å². The van der Waals surface area contributed by atoms with E-state index in [1.165, 1.54) is 16.2 Å². The second-order valence-corrected chi connectivity index (χ2v) is 10.3. The molecule has 176 valence electrons.